The van der Waals surface area contributed by atoms with Crippen LogP contribution in [0.1, 0.15) is 0 Å². The van der Waals surface area contributed by atoms with Gasteiger partial charge in [0.15, 0.2) is 5.58 Å². The fourth-order valence-electron chi connectivity index (χ4n) is 6.69. The summed E-state index contributed by atoms with van der Waals surface area (Å²) in [5.41, 5.74) is 9.54. The van der Waals surface area contributed by atoms with Gasteiger partial charge in [-0.2, -0.15) is 0 Å². The quantitative estimate of drug-likeness (QED) is 0.200. The Morgan fingerprint density at radius 2 is 1.22 bits per heavy atom. The van der Waals surface area contributed by atoms with Crippen molar-refractivity contribution in [1.82, 2.24) is 4.98 Å². The Kier molecular flexibility index (Phi) is 6.14. The van der Waals surface area contributed by atoms with Crippen molar-refractivity contribution in [3.63, 3.8) is 0 Å². The second-order valence-corrected chi connectivity index (χ2v) is 11.7. The fraction of sp³-hybridized carbons (Fsp3) is 0. The third-order valence-corrected chi connectivity index (χ3v) is 8.91. The molecule has 3 nitrogen and oxygen atoms in total. The molecule has 9 rings (SSSR count). The molecule has 0 radical (unpaired) electrons. The number of hydrogen-bond acceptors (Lipinski definition) is 3. The first-order chi connectivity index (χ1) is 22.8. The molecule has 0 fully saturated rings. The normalized spacial score (nSPS) is 11.5. The highest BCUT2D eigenvalue weighted by Gasteiger charge is 2.20. The lowest BCUT2D eigenvalue weighted by molar-refractivity contribution is 0.669. The maximum absolute atomic E-state index is 6.70. The van der Waals surface area contributed by atoms with Crippen LogP contribution in [0.5, 0.6) is 0 Å². The van der Waals surface area contributed by atoms with E-state index < -0.39 is 0 Å². The van der Waals surface area contributed by atoms with Crippen LogP contribution in [-0.4, -0.2) is 4.98 Å². The topological polar surface area (TPSA) is 29.3 Å². The molecule has 7 aromatic carbocycles. The molecule has 0 amide bonds. The van der Waals surface area contributed by atoms with E-state index in [1.54, 1.807) is 0 Å². The standard InChI is InChI=1S/C43H28N2O/c1-2-9-29(10-3-1)32-13-6-14-36(25-32)45(35-21-19-31(20-22-35)38-16-7-12-30-11-4-5-15-37(30)38)41-18-8-17-39-40-26-33-23-24-44-28-34(33)27-42(40)46-43(39)41/h1-28H. The SMILES string of the molecule is c1ccc(-c2cccc(N(c3ccc(-c4cccc5ccccc45)cc3)c3cccc4c3oc3cc5cnccc5cc34)c2)cc1. The molecule has 0 atom stereocenters. The van der Waals surface area contributed by atoms with Crippen LogP contribution in [0.4, 0.5) is 17.1 Å². The summed E-state index contributed by atoms with van der Waals surface area (Å²) in [4.78, 5) is 6.64. The number of rotatable bonds is 5. The van der Waals surface area contributed by atoms with Gasteiger partial charge in [0, 0.05) is 39.9 Å². The van der Waals surface area contributed by atoms with Gasteiger partial charge in [-0.3, -0.25) is 4.98 Å². The molecule has 0 aliphatic carbocycles. The van der Waals surface area contributed by atoms with Crippen molar-refractivity contribution in [3.8, 4) is 22.3 Å². The predicted molar refractivity (Wildman–Crippen MR) is 192 cm³/mol. The van der Waals surface area contributed by atoms with Crippen LogP contribution in [0.15, 0.2) is 175 Å². The minimum Gasteiger partial charge on any atom is -0.454 e. The van der Waals surface area contributed by atoms with Crippen molar-refractivity contribution in [2.24, 2.45) is 0 Å². The van der Waals surface area contributed by atoms with Crippen LogP contribution < -0.4 is 4.90 Å². The van der Waals surface area contributed by atoms with Crippen molar-refractivity contribution >= 4 is 60.5 Å². The number of nitrogens with zero attached hydrogens (tertiary/aromatic N) is 2. The fourth-order valence-corrected chi connectivity index (χ4v) is 6.69. The molecule has 0 aliphatic rings. The lowest BCUT2D eigenvalue weighted by Gasteiger charge is -2.26. The van der Waals surface area contributed by atoms with E-state index >= 15 is 0 Å². The number of furan rings is 1. The van der Waals surface area contributed by atoms with Crippen molar-refractivity contribution in [1.29, 1.82) is 0 Å². The van der Waals surface area contributed by atoms with E-state index in [0.29, 0.717) is 0 Å². The average molecular weight is 589 g/mol. The Labute approximate surface area is 266 Å². The molecule has 3 heteroatoms. The van der Waals surface area contributed by atoms with Gasteiger partial charge in [-0.05, 0) is 86.9 Å². The monoisotopic (exact) mass is 588 g/mol. The number of benzene rings is 7. The summed E-state index contributed by atoms with van der Waals surface area (Å²) in [5.74, 6) is 0. The Morgan fingerprint density at radius 3 is 2.13 bits per heavy atom. The molecule has 0 saturated heterocycles. The summed E-state index contributed by atoms with van der Waals surface area (Å²) in [6, 6.07) is 56.0. The van der Waals surface area contributed by atoms with Crippen LogP contribution in [0, 0.1) is 0 Å². The van der Waals surface area contributed by atoms with Gasteiger partial charge in [0.05, 0.1) is 5.69 Å². The van der Waals surface area contributed by atoms with Gasteiger partial charge in [-0.1, -0.05) is 109 Å². The van der Waals surface area contributed by atoms with Crippen LogP contribution in [-0.2, 0) is 0 Å². The van der Waals surface area contributed by atoms with E-state index in [-0.39, 0.29) is 0 Å². The first-order valence-corrected chi connectivity index (χ1v) is 15.5. The van der Waals surface area contributed by atoms with E-state index in [9.17, 15) is 0 Å². The molecule has 0 aliphatic heterocycles. The van der Waals surface area contributed by atoms with Crippen molar-refractivity contribution < 1.29 is 4.42 Å². The summed E-state index contributed by atoms with van der Waals surface area (Å²) in [6.07, 6.45) is 3.73. The van der Waals surface area contributed by atoms with E-state index in [4.69, 9.17) is 4.42 Å². The maximum Gasteiger partial charge on any atom is 0.159 e. The third kappa shape index (κ3) is 4.41. The minimum absolute atomic E-state index is 0.851. The molecular formula is C43H28N2O. The summed E-state index contributed by atoms with van der Waals surface area (Å²) in [5, 5.41) is 6.88. The minimum atomic E-state index is 0.851. The van der Waals surface area contributed by atoms with Gasteiger partial charge in [0.25, 0.3) is 0 Å². The van der Waals surface area contributed by atoms with E-state index in [1.165, 1.54) is 27.5 Å². The van der Waals surface area contributed by atoms with Crippen molar-refractivity contribution in [3.05, 3.63) is 170 Å². The molecule has 9 aromatic rings. The highest BCUT2D eigenvalue weighted by molar-refractivity contribution is 6.13. The van der Waals surface area contributed by atoms with E-state index in [0.717, 1.165) is 55.3 Å². The molecule has 216 valence electrons. The maximum atomic E-state index is 6.70. The zero-order valence-corrected chi connectivity index (χ0v) is 25.0. The van der Waals surface area contributed by atoms with Crippen LogP contribution in [0.2, 0.25) is 0 Å². The van der Waals surface area contributed by atoms with Crippen LogP contribution >= 0.6 is 0 Å². The number of anilines is 3. The van der Waals surface area contributed by atoms with Crippen molar-refractivity contribution in [2.45, 2.75) is 0 Å². The van der Waals surface area contributed by atoms with E-state index in [2.05, 4.69) is 168 Å². The summed E-state index contributed by atoms with van der Waals surface area (Å²) in [7, 11) is 0. The first kappa shape index (κ1) is 26.2. The predicted octanol–water partition coefficient (Wildman–Crippen LogP) is 12.1. The second kappa shape index (κ2) is 10.8. The first-order valence-electron chi connectivity index (χ1n) is 15.5. The summed E-state index contributed by atoms with van der Waals surface area (Å²) in [6.45, 7) is 0. The number of aromatic nitrogens is 1. The molecule has 0 spiro atoms. The van der Waals surface area contributed by atoms with Gasteiger partial charge in [0.2, 0.25) is 0 Å². The molecule has 0 bridgehead atoms. The van der Waals surface area contributed by atoms with Gasteiger partial charge in [0.1, 0.15) is 5.58 Å². The average Bonchev–Trinajstić information content (AvgIpc) is 3.49. The Hall–Kier alpha value is -6.19. The third-order valence-electron chi connectivity index (χ3n) is 8.91. The molecule has 46 heavy (non-hydrogen) atoms. The highest BCUT2D eigenvalue weighted by atomic mass is 16.3. The Morgan fingerprint density at radius 1 is 0.457 bits per heavy atom. The zero-order chi connectivity index (χ0) is 30.5. The molecule has 0 N–H and O–H groups in total. The highest BCUT2D eigenvalue weighted by Crippen LogP contribution is 2.44. The molecule has 0 saturated carbocycles. The lowest BCUT2D eigenvalue weighted by atomic mass is 9.98. The molecule has 2 heterocycles. The lowest BCUT2D eigenvalue weighted by Crippen LogP contribution is -2.10. The number of fused-ring (bicyclic) bond motifs is 5. The van der Waals surface area contributed by atoms with Gasteiger partial charge in [-0.15, -0.1) is 0 Å². The zero-order valence-electron chi connectivity index (χ0n) is 25.0. The van der Waals surface area contributed by atoms with Crippen molar-refractivity contribution in [2.75, 3.05) is 4.90 Å². The Bertz CT molecular complexity index is 2530. The van der Waals surface area contributed by atoms with Crippen LogP contribution in [0.25, 0.3) is 65.7 Å². The number of para-hydroxylation sites is 1. The van der Waals surface area contributed by atoms with Gasteiger partial charge in [-0.25, -0.2) is 0 Å². The molecule has 0 unspecified atom stereocenters. The summed E-state index contributed by atoms with van der Waals surface area (Å²) >= 11 is 0. The second-order valence-electron chi connectivity index (χ2n) is 11.7. The molecule has 2 aromatic heterocycles. The van der Waals surface area contributed by atoms with Gasteiger partial charge < -0.3 is 9.32 Å². The largest absolute Gasteiger partial charge is 0.454 e. The van der Waals surface area contributed by atoms with Crippen LogP contribution in [0.3, 0.4) is 0 Å². The van der Waals surface area contributed by atoms with E-state index in [1.807, 2.05) is 12.4 Å². The van der Waals surface area contributed by atoms with Gasteiger partial charge >= 0.3 is 0 Å². The molecular weight excluding hydrogens is 560 g/mol. The number of hydrogen-bond donors (Lipinski definition) is 0. The summed E-state index contributed by atoms with van der Waals surface area (Å²) < 4.78 is 6.70. The smallest absolute Gasteiger partial charge is 0.159 e. The number of pyridine rings is 1. The Balaban J connectivity index is 1.24.